The van der Waals surface area contributed by atoms with Crippen LogP contribution in [0.2, 0.25) is 5.02 Å². The number of hydrogen-bond acceptors (Lipinski definition) is 2. The molecule has 1 aliphatic rings. The van der Waals surface area contributed by atoms with Crippen LogP contribution in [0.15, 0.2) is 24.3 Å². The Morgan fingerprint density at radius 3 is 2.75 bits per heavy atom. The number of carboxylic acid groups (broad SMARTS) is 1. The molecule has 108 valence electrons. The number of aliphatic carboxylic acids is 1. The number of benzene rings is 1. The molecule has 1 aromatic rings. The van der Waals surface area contributed by atoms with Gasteiger partial charge in [0, 0.05) is 17.6 Å². The van der Waals surface area contributed by atoms with Crippen LogP contribution in [0.1, 0.15) is 24.8 Å². The first-order valence-electron chi connectivity index (χ1n) is 6.55. The van der Waals surface area contributed by atoms with Gasteiger partial charge in [-0.3, -0.25) is 4.79 Å². The Morgan fingerprint density at radius 2 is 2.15 bits per heavy atom. The number of amides is 2. The Kier molecular flexibility index (Phi) is 4.84. The average molecular weight is 297 g/mol. The van der Waals surface area contributed by atoms with Gasteiger partial charge < -0.3 is 15.7 Å². The quantitative estimate of drug-likeness (QED) is 0.754. The van der Waals surface area contributed by atoms with E-state index >= 15 is 0 Å². The summed E-state index contributed by atoms with van der Waals surface area (Å²) in [5.74, 6) is -0.597. The zero-order valence-corrected chi connectivity index (χ0v) is 11.7. The van der Waals surface area contributed by atoms with Gasteiger partial charge in [0.15, 0.2) is 0 Å². The van der Waals surface area contributed by atoms with Crippen molar-refractivity contribution in [1.29, 1.82) is 0 Å². The molecule has 1 fully saturated rings. The molecular formula is C14H17ClN2O3. The largest absolute Gasteiger partial charge is 0.481 e. The second-order valence-corrected chi connectivity index (χ2v) is 5.44. The van der Waals surface area contributed by atoms with Crippen molar-refractivity contribution in [3.05, 3.63) is 34.9 Å². The zero-order chi connectivity index (χ0) is 14.5. The van der Waals surface area contributed by atoms with Crippen LogP contribution in [0.5, 0.6) is 0 Å². The highest BCUT2D eigenvalue weighted by Crippen LogP contribution is 2.33. The number of carbonyl (C=O) groups excluding carboxylic acids is 1. The Labute approximate surface area is 122 Å². The number of hydrogen-bond donors (Lipinski definition) is 3. The summed E-state index contributed by atoms with van der Waals surface area (Å²) in [6.07, 6.45) is 1.92. The maximum Gasteiger partial charge on any atom is 0.315 e. The average Bonchev–Trinajstić information content (AvgIpc) is 3.19. The van der Waals surface area contributed by atoms with Gasteiger partial charge in [-0.05, 0) is 36.5 Å². The van der Waals surface area contributed by atoms with Crippen LogP contribution in [-0.4, -0.2) is 23.1 Å². The fourth-order valence-electron chi connectivity index (χ4n) is 2.07. The summed E-state index contributed by atoms with van der Waals surface area (Å²) >= 11 is 5.86. The van der Waals surface area contributed by atoms with Gasteiger partial charge in [-0.2, -0.15) is 0 Å². The summed E-state index contributed by atoms with van der Waals surface area (Å²) in [5.41, 5.74) is 0.897. The molecule has 5 nitrogen and oxygen atoms in total. The van der Waals surface area contributed by atoms with Crippen molar-refractivity contribution in [2.75, 3.05) is 0 Å². The highest BCUT2D eigenvalue weighted by Gasteiger charge is 2.33. The smallest absolute Gasteiger partial charge is 0.315 e. The molecule has 0 spiro atoms. The van der Waals surface area contributed by atoms with Crippen molar-refractivity contribution in [2.24, 2.45) is 5.92 Å². The van der Waals surface area contributed by atoms with Crippen molar-refractivity contribution in [3.8, 4) is 0 Å². The van der Waals surface area contributed by atoms with Crippen molar-refractivity contribution in [2.45, 2.75) is 31.8 Å². The van der Waals surface area contributed by atoms with E-state index in [1.165, 1.54) is 0 Å². The number of urea groups is 1. The normalized spacial score (nSPS) is 15.4. The SMILES string of the molecule is O=C(O)CC(NC(=O)NCc1cccc(Cl)c1)C1CC1. The van der Waals surface area contributed by atoms with E-state index in [4.69, 9.17) is 16.7 Å². The lowest BCUT2D eigenvalue weighted by atomic mass is 10.1. The van der Waals surface area contributed by atoms with Crippen molar-refractivity contribution in [3.63, 3.8) is 0 Å². The molecule has 0 heterocycles. The molecular weight excluding hydrogens is 280 g/mol. The van der Waals surface area contributed by atoms with Crippen LogP contribution in [0.4, 0.5) is 4.79 Å². The van der Waals surface area contributed by atoms with Gasteiger partial charge in [0.25, 0.3) is 0 Å². The van der Waals surface area contributed by atoms with Crippen molar-refractivity contribution >= 4 is 23.6 Å². The van der Waals surface area contributed by atoms with Crippen LogP contribution in [0.3, 0.4) is 0 Å². The number of rotatable bonds is 6. The molecule has 3 N–H and O–H groups in total. The first kappa shape index (κ1) is 14.7. The lowest BCUT2D eigenvalue weighted by molar-refractivity contribution is -0.137. The summed E-state index contributed by atoms with van der Waals surface area (Å²) in [7, 11) is 0. The van der Waals surface area contributed by atoms with Gasteiger partial charge >= 0.3 is 12.0 Å². The van der Waals surface area contributed by atoms with Gasteiger partial charge in [-0.25, -0.2) is 4.79 Å². The lowest BCUT2D eigenvalue weighted by Crippen LogP contribution is -2.43. The molecule has 2 rings (SSSR count). The summed E-state index contributed by atoms with van der Waals surface area (Å²) < 4.78 is 0. The number of halogens is 1. The summed E-state index contributed by atoms with van der Waals surface area (Å²) in [5, 5.41) is 14.9. The van der Waals surface area contributed by atoms with Crippen LogP contribution < -0.4 is 10.6 Å². The van der Waals surface area contributed by atoms with E-state index in [-0.39, 0.29) is 18.5 Å². The molecule has 0 radical (unpaired) electrons. The molecule has 1 unspecified atom stereocenters. The minimum absolute atomic E-state index is 0.0325. The Morgan fingerprint density at radius 1 is 1.40 bits per heavy atom. The topological polar surface area (TPSA) is 78.4 Å². The minimum atomic E-state index is -0.892. The standard InChI is InChI=1S/C14H17ClN2O3/c15-11-3-1-2-9(6-11)8-16-14(20)17-12(7-13(18)19)10-4-5-10/h1-3,6,10,12H,4-5,7-8H2,(H,18,19)(H2,16,17,20). The fourth-order valence-corrected chi connectivity index (χ4v) is 2.28. The molecule has 1 saturated carbocycles. The molecule has 0 bridgehead atoms. The van der Waals surface area contributed by atoms with E-state index in [1.54, 1.807) is 12.1 Å². The molecule has 2 amide bonds. The molecule has 0 saturated heterocycles. The molecule has 0 aliphatic heterocycles. The van der Waals surface area contributed by atoms with E-state index in [0.29, 0.717) is 17.5 Å². The Balaban J connectivity index is 1.80. The molecule has 1 aromatic carbocycles. The van der Waals surface area contributed by atoms with Gasteiger partial charge in [-0.1, -0.05) is 23.7 Å². The molecule has 6 heteroatoms. The maximum atomic E-state index is 11.8. The number of carbonyl (C=O) groups is 2. The summed E-state index contributed by atoms with van der Waals surface area (Å²) in [6.45, 7) is 0.358. The van der Waals surface area contributed by atoms with Gasteiger partial charge in [-0.15, -0.1) is 0 Å². The minimum Gasteiger partial charge on any atom is -0.481 e. The first-order chi connectivity index (χ1) is 9.54. The predicted octanol–water partition coefficient (Wildman–Crippen LogP) is 2.39. The van der Waals surface area contributed by atoms with Gasteiger partial charge in [0.2, 0.25) is 0 Å². The van der Waals surface area contributed by atoms with Crippen LogP contribution in [-0.2, 0) is 11.3 Å². The van der Waals surface area contributed by atoms with E-state index in [2.05, 4.69) is 10.6 Å². The third-order valence-electron chi connectivity index (χ3n) is 3.24. The van der Waals surface area contributed by atoms with Crippen molar-refractivity contribution in [1.82, 2.24) is 10.6 Å². The molecule has 20 heavy (non-hydrogen) atoms. The lowest BCUT2D eigenvalue weighted by Gasteiger charge is -2.16. The predicted molar refractivity (Wildman–Crippen MR) is 75.6 cm³/mol. The Bertz CT molecular complexity index is 503. The number of carboxylic acids is 1. The maximum absolute atomic E-state index is 11.8. The van der Waals surface area contributed by atoms with Crippen LogP contribution in [0.25, 0.3) is 0 Å². The van der Waals surface area contributed by atoms with Crippen molar-refractivity contribution < 1.29 is 14.7 Å². The highest BCUT2D eigenvalue weighted by atomic mass is 35.5. The second-order valence-electron chi connectivity index (χ2n) is 5.00. The number of nitrogens with one attached hydrogen (secondary N) is 2. The third-order valence-corrected chi connectivity index (χ3v) is 3.48. The summed E-state index contributed by atoms with van der Waals surface area (Å²) in [4.78, 5) is 22.5. The fraction of sp³-hybridized carbons (Fsp3) is 0.429. The van der Waals surface area contributed by atoms with Gasteiger partial charge in [0.1, 0.15) is 0 Å². The molecule has 1 atom stereocenters. The summed E-state index contributed by atoms with van der Waals surface area (Å²) in [6, 6.07) is 6.59. The highest BCUT2D eigenvalue weighted by molar-refractivity contribution is 6.30. The van der Waals surface area contributed by atoms with Gasteiger partial charge in [0.05, 0.1) is 6.42 Å². The molecule has 1 aliphatic carbocycles. The van der Waals surface area contributed by atoms with E-state index < -0.39 is 5.97 Å². The first-order valence-corrected chi connectivity index (χ1v) is 6.93. The monoisotopic (exact) mass is 296 g/mol. The molecule has 0 aromatic heterocycles. The zero-order valence-electron chi connectivity index (χ0n) is 10.9. The van der Waals surface area contributed by atoms with Crippen LogP contribution in [0, 0.1) is 5.92 Å². The second kappa shape index (κ2) is 6.61. The van der Waals surface area contributed by atoms with E-state index in [0.717, 1.165) is 18.4 Å². The van der Waals surface area contributed by atoms with E-state index in [1.807, 2.05) is 12.1 Å². The van der Waals surface area contributed by atoms with E-state index in [9.17, 15) is 9.59 Å². The van der Waals surface area contributed by atoms with Crippen LogP contribution >= 0.6 is 11.6 Å². The third kappa shape index (κ3) is 4.74. The Hall–Kier alpha value is -1.75.